The lowest BCUT2D eigenvalue weighted by molar-refractivity contribution is -0.131. The Bertz CT molecular complexity index is 2250. The summed E-state index contributed by atoms with van der Waals surface area (Å²) in [4.78, 5) is 51.9. The zero-order valence-corrected chi connectivity index (χ0v) is 33.5. The van der Waals surface area contributed by atoms with Crippen molar-refractivity contribution in [2.24, 2.45) is 17.6 Å². The molecule has 56 heavy (non-hydrogen) atoms. The molecule has 0 bridgehead atoms. The number of anilines is 2. The Morgan fingerprint density at radius 1 is 1.09 bits per heavy atom. The number of methoxy groups -OCH3 is 1. The van der Waals surface area contributed by atoms with Crippen LogP contribution < -0.4 is 35.9 Å². The molecule has 298 valence electrons. The molecule has 2 aliphatic heterocycles. The van der Waals surface area contributed by atoms with E-state index in [1.165, 1.54) is 22.3 Å². The van der Waals surface area contributed by atoms with Crippen molar-refractivity contribution in [3.63, 3.8) is 0 Å². The third kappa shape index (κ3) is 8.05. The second-order valence-corrected chi connectivity index (χ2v) is 17.7. The lowest BCUT2D eigenvalue weighted by Crippen LogP contribution is -2.57. The number of primary amides is 1. The van der Waals surface area contributed by atoms with Crippen molar-refractivity contribution >= 4 is 60.9 Å². The normalized spacial score (nSPS) is 24.9. The highest BCUT2D eigenvalue weighted by molar-refractivity contribution is 7.90. The van der Waals surface area contributed by atoms with E-state index in [0.29, 0.717) is 46.0 Å². The standard InChI is InChI=1S/C39H48N8O7S2/c1-22(2)42-38-44-31(21-55-38)30-18-33(26-14-13-24(53-4)16-29(26)43-30)54-25-17-32(47(20-25)37(40)50)35(48)45-39-19-27(39)23(3)10-6-5-9-15-41-28-11-7-8-12-34(28)56(51,52)46-36(39)49/h7-8,11-14,16,18,21-23,25,27,32,41H,5-6,9-10,15,17,19-20H2,1-4H3,(H2,40,50)(H,42,44)(H,45,48)(H,46,49)/t23?,25-,27?,32+,39-/m1/s1. The maximum Gasteiger partial charge on any atom is 0.315 e. The molecule has 7 rings (SSSR count). The summed E-state index contributed by atoms with van der Waals surface area (Å²) >= 11 is 1.46. The van der Waals surface area contributed by atoms with Gasteiger partial charge in [0, 0.05) is 41.9 Å². The summed E-state index contributed by atoms with van der Waals surface area (Å²) in [5.74, 6) is -0.650. The summed E-state index contributed by atoms with van der Waals surface area (Å²) in [6.07, 6.45) is 3.14. The van der Waals surface area contributed by atoms with Gasteiger partial charge in [-0.15, -0.1) is 11.3 Å². The van der Waals surface area contributed by atoms with Crippen LogP contribution in [0.4, 0.5) is 15.6 Å². The topological polar surface area (TPSA) is 207 Å². The van der Waals surface area contributed by atoms with E-state index < -0.39 is 45.6 Å². The van der Waals surface area contributed by atoms with Crippen LogP contribution in [-0.4, -0.2) is 85.1 Å². The highest BCUT2D eigenvalue weighted by atomic mass is 32.2. The van der Waals surface area contributed by atoms with Gasteiger partial charge in [0.15, 0.2) is 5.13 Å². The average Bonchev–Trinajstić information content (AvgIpc) is 3.45. The second-order valence-electron chi connectivity index (χ2n) is 15.2. The van der Waals surface area contributed by atoms with Gasteiger partial charge >= 0.3 is 6.03 Å². The third-order valence-electron chi connectivity index (χ3n) is 10.8. The lowest BCUT2D eigenvalue weighted by atomic mass is 9.94. The Kier molecular flexibility index (Phi) is 11.0. The maximum atomic E-state index is 14.3. The number of para-hydroxylation sites is 1. The largest absolute Gasteiger partial charge is 0.497 e. The number of fused-ring (bicyclic) bond motifs is 3. The fourth-order valence-corrected chi connectivity index (χ4v) is 9.91. The Balaban J connectivity index is 1.15. The highest BCUT2D eigenvalue weighted by Crippen LogP contribution is 2.51. The van der Waals surface area contributed by atoms with Gasteiger partial charge in [0.1, 0.15) is 39.8 Å². The molecule has 1 saturated carbocycles. The van der Waals surface area contributed by atoms with E-state index >= 15 is 0 Å². The van der Waals surface area contributed by atoms with E-state index in [4.69, 9.17) is 25.2 Å². The minimum Gasteiger partial charge on any atom is -0.497 e. The smallest absolute Gasteiger partial charge is 0.315 e. The number of nitrogens with one attached hydrogen (secondary N) is 4. The highest BCUT2D eigenvalue weighted by Gasteiger charge is 2.64. The van der Waals surface area contributed by atoms with Crippen LogP contribution in [0.25, 0.3) is 22.3 Å². The van der Waals surface area contributed by atoms with Crippen molar-refractivity contribution in [2.75, 3.05) is 30.8 Å². The number of thiazole rings is 1. The number of aromatic nitrogens is 2. The van der Waals surface area contributed by atoms with Crippen LogP contribution in [0, 0.1) is 11.8 Å². The molecule has 2 unspecified atom stereocenters. The Morgan fingerprint density at radius 2 is 1.89 bits per heavy atom. The van der Waals surface area contributed by atoms with Crippen molar-refractivity contribution in [1.82, 2.24) is 24.9 Å². The van der Waals surface area contributed by atoms with Gasteiger partial charge in [-0.25, -0.2) is 27.9 Å². The number of urea groups is 1. The van der Waals surface area contributed by atoms with Gasteiger partial charge in [-0.2, -0.15) is 0 Å². The summed E-state index contributed by atoms with van der Waals surface area (Å²) < 4.78 is 41.6. The van der Waals surface area contributed by atoms with Gasteiger partial charge in [0.25, 0.3) is 15.9 Å². The number of likely N-dealkylation sites (tertiary alicyclic amines) is 1. The van der Waals surface area contributed by atoms with Crippen molar-refractivity contribution < 1.29 is 32.3 Å². The second kappa shape index (κ2) is 15.8. The lowest BCUT2D eigenvalue weighted by Gasteiger charge is -2.26. The van der Waals surface area contributed by atoms with Crippen LogP contribution in [0.5, 0.6) is 11.5 Å². The van der Waals surface area contributed by atoms with Crippen molar-refractivity contribution in [2.45, 2.75) is 87.9 Å². The quantitative estimate of drug-likeness (QED) is 0.159. The molecule has 0 spiro atoms. The van der Waals surface area contributed by atoms with Gasteiger partial charge in [-0.3, -0.25) is 9.59 Å². The van der Waals surface area contributed by atoms with Crippen molar-refractivity contribution in [1.29, 1.82) is 0 Å². The molecule has 2 aromatic carbocycles. The van der Waals surface area contributed by atoms with E-state index in [1.54, 1.807) is 43.5 Å². The Hall–Kier alpha value is -5.16. The Morgan fingerprint density at radius 3 is 2.66 bits per heavy atom. The van der Waals surface area contributed by atoms with Crippen LogP contribution >= 0.6 is 11.3 Å². The monoisotopic (exact) mass is 804 g/mol. The summed E-state index contributed by atoms with van der Waals surface area (Å²) in [6, 6.07) is 11.9. The SMILES string of the molecule is COc1ccc2c(O[C@@H]3C[C@@H](C(=O)N[C@]45CC4C(C)CCCCCNc4ccccc4S(=O)(=O)NC5=O)N(C(N)=O)C3)cc(-c3csc(NC(C)C)n3)nc2c1. The zero-order valence-electron chi connectivity index (χ0n) is 31.8. The number of rotatable bonds is 8. The van der Waals surface area contributed by atoms with E-state index in [2.05, 4.69) is 20.7 Å². The number of nitrogens with zero attached hydrogens (tertiary/aromatic N) is 3. The number of amides is 4. The molecule has 15 nitrogen and oxygen atoms in total. The Labute approximate surface area is 330 Å². The maximum absolute atomic E-state index is 14.3. The van der Waals surface area contributed by atoms with Crippen LogP contribution in [-0.2, 0) is 19.6 Å². The molecule has 1 saturated heterocycles. The summed E-state index contributed by atoms with van der Waals surface area (Å²) in [7, 11) is -2.74. The van der Waals surface area contributed by atoms with Crippen LogP contribution in [0.3, 0.4) is 0 Å². The molecule has 3 aliphatic rings. The molecule has 1 aliphatic carbocycles. The average molecular weight is 805 g/mol. The number of sulfonamides is 1. The number of ether oxygens (including phenoxy) is 2. The minimum absolute atomic E-state index is 0.000920. The fourth-order valence-electron chi connectivity index (χ4n) is 7.84. The molecule has 5 atom stereocenters. The van der Waals surface area contributed by atoms with Crippen molar-refractivity contribution in [3.8, 4) is 22.9 Å². The van der Waals surface area contributed by atoms with Gasteiger partial charge in [0.2, 0.25) is 5.91 Å². The summed E-state index contributed by atoms with van der Waals surface area (Å²) in [6.45, 7) is 6.67. The van der Waals surface area contributed by atoms with Gasteiger partial charge in [-0.1, -0.05) is 38.3 Å². The molecule has 6 N–H and O–H groups in total. The number of pyridine rings is 1. The first-order valence-electron chi connectivity index (χ1n) is 18.9. The molecule has 4 heterocycles. The van der Waals surface area contributed by atoms with Gasteiger partial charge in [0.05, 0.1) is 30.6 Å². The molecule has 17 heteroatoms. The van der Waals surface area contributed by atoms with Crippen LogP contribution in [0.2, 0.25) is 0 Å². The predicted octanol–water partition coefficient (Wildman–Crippen LogP) is 5.09. The number of carbonyl (C=O) groups is 3. The number of carbonyl (C=O) groups excluding carboxylic acids is 3. The van der Waals surface area contributed by atoms with E-state index in [-0.39, 0.29) is 42.2 Å². The number of hydrogen-bond donors (Lipinski definition) is 5. The number of hydrogen-bond acceptors (Lipinski definition) is 12. The summed E-state index contributed by atoms with van der Waals surface area (Å²) in [5, 5.41) is 12.8. The van der Waals surface area contributed by atoms with E-state index in [0.717, 1.165) is 30.8 Å². The van der Waals surface area contributed by atoms with E-state index in [9.17, 15) is 22.8 Å². The van der Waals surface area contributed by atoms with Crippen LogP contribution in [0.15, 0.2) is 58.8 Å². The van der Waals surface area contributed by atoms with E-state index in [1.807, 2.05) is 32.2 Å². The van der Waals surface area contributed by atoms with Crippen molar-refractivity contribution in [3.05, 3.63) is 53.9 Å². The van der Waals surface area contributed by atoms with Gasteiger partial charge in [-0.05, 0) is 62.8 Å². The first-order valence-corrected chi connectivity index (χ1v) is 21.3. The first kappa shape index (κ1) is 39.1. The zero-order chi connectivity index (χ0) is 39.8. The fraction of sp³-hybridized carbons (Fsp3) is 0.462. The number of benzene rings is 2. The molecule has 2 fully saturated rings. The molecular formula is C39H48N8O7S2. The predicted molar refractivity (Wildman–Crippen MR) is 214 cm³/mol. The molecule has 4 amide bonds. The minimum atomic E-state index is -4.31. The summed E-state index contributed by atoms with van der Waals surface area (Å²) in [5.41, 5.74) is 6.55. The van der Waals surface area contributed by atoms with Gasteiger partial charge < -0.3 is 36.1 Å². The molecular weight excluding hydrogens is 757 g/mol. The number of nitrogens with two attached hydrogens (primary N) is 1. The first-order chi connectivity index (χ1) is 26.8. The molecule has 2 aromatic heterocycles. The molecule has 0 radical (unpaired) electrons. The third-order valence-corrected chi connectivity index (χ3v) is 13.0. The van der Waals surface area contributed by atoms with Crippen LogP contribution in [0.1, 0.15) is 59.3 Å². The molecule has 4 aromatic rings.